The Morgan fingerprint density at radius 2 is 2.10 bits per heavy atom. The Balaban J connectivity index is 2.56. The Kier molecular flexibility index (Phi) is 6.57. The van der Waals surface area contributed by atoms with Crippen LogP contribution >= 0.6 is 11.6 Å². The number of hydrogen-bond acceptors (Lipinski definition) is 5. The van der Waals surface area contributed by atoms with E-state index in [1.807, 2.05) is 0 Å². The molecule has 0 unspecified atom stereocenters. The number of nitro benzene ring substituents is 1. The van der Waals surface area contributed by atoms with E-state index in [2.05, 4.69) is 10.6 Å². The number of carbonyl (C=O) groups excluding carboxylic acids is 2. The van der Waals surface area contributed by atoms with Gasteiger partial charge in [-0.15, -0.1) is 0 Å². The zero-order valence-electron chi connectivity index (χ0n) is 11.2. The average molecular weight is 316 g/mol. The molecule has 8 nitrogen and oxygen atoms in total. The number of ether oxygens (including phenoxy) is 1. The van der Waals surface area contributed by atoms with Crippen molar-refractivity contribution in [1.82, 2.24) is 10.6 Å². The first-order chi connectivity index (χ1) is 9.95. The number of amides is 2. The lowest BCUT2D eigenvalue weighted by molar-refractivity contribution is -0.384. The molecule has 2 amide bonds. The van der Waals surface area contributed by atoms with Crippen molar-refractivity contribution >= 4 is 29.1 Å². The predicted molar refractivity (Wildman–Crippen MR) is 75.3 cm³/mol. The number of hydrogen-bond donors (Lipinski definition) is 2. The van der Waals surface area contributed by atoms with Crippen LogP contribution in [0.1, 0.15) is 10.4 Å². The van der Waals surface area contributed by atoms with Gasteiger partial charge in [-0.1, -0.05) is 11.6 Å². The lowest BCUT2D eigenvalue weighted by Crippen LogP contribution is -2.38. The first-order valence-electron chi connectivity index (χ1n) is 5.93. The van der Waals surface area contributed by atoms with E-state index in [0.717, 1.165) is 6.07 Å². The summed E-state index contributed by atoms with van der Waals surface area (Å²) in [6.07, 6.45) is 0. The maximum absolute atomic E-state index is 11.8. The summed E-state index contributed by atoms with van der Waals surface area (Å²) < 4.78 is 4.76. The van der Waals surface area contributed by atoms with E-state index in [4.69, 9.17) is 16.3 Å². The Morgan fingerprint density at radius 3 is 2.67 bits per heavy atom. The molecule has 0 aliphatic rings. The van der Waals surface area contributed by atoms with Gasteiger partial charge in [0.25, 0.3) is 11.6 Å². The van der Waals surface area contributed by atoms with Crippen LogP contribution in [0.5, 0.6) is 0 Å². The third-order valence-electron chi connectivity index (χ3n) is 2.45. The Morgan fingerprint density at radius 1 is 1.38 bits per heavy atom. The number of nitro groups is 1. The minimum atomic E-state index is -0.614. The van der Waals surface area contributed by atoms with Crippen LogP contribution < -0.4 is 10.6 Å². The summed E-state index contributed by atoms with van der Waals surface area (Å²) in [6, 6.07) is 3.48. The van der Waals surface area contributed by atoms with Crippen molar-refractivity contribution < 1.29 is 19.2 Å². The maximum Gasteiger partial charge on any atom is 0.270 e. The molecule has 9 heteroatoms. The summed E-state index contributed by atoms with van der Waals surface area (Å²) in [5.74, 6) is -0.963. The summed E-state index contributed by atoms with van der Waals surface area (Å²) in [7, 11) is 1.50. The van der Waals surface area contributed by atoms with Crippen molar-refractivity contribution in [2.75, 3.05) is 26.8 Å². The summed E-state index contributed by atoms with van der Waals surface area (Å²) >= 11 is 5.80. The lowest BCUT2D eigenvalue weighted by Gasteiger charge is -2.07. The van der Waals surface area contributed by atoms with E-state index < -0.39 is 10.8 Å². The number of rotatable bonds is 7. The summed E-state index contributed by atoms with van der Waals surface area (Å²) in [6.45, 7) is 0.479. The molecule has 0 saturated carbocycles. The number of halogens is 1. The molecule has 114 valence electrons. The Hall–Kier alpha value is -2.19. The molecule has 0 atom stereocenters. The highest BCUT2D eigenvalue weighted by Crippen LogP contribution is 2.22. The zero-order valence-corrected chi connectivity index (χ0v) is 12.0. The van der Waals surface area contributed by atoms with E-state index in [1.54, 1.807) is 0 Å². The average Bonchev–Trinajstić information content (AvgIpc) is 2.44. The smallest absolute Gasteiger partial charge is 0.270 e. The number of benzene rings is 1. The van der Waals surface area contributed by atoms with Crippen LogP contribution in [0.25, 0.3) is 0 Å². The first-order valence-corrected chi connectivity index (χ1v) is 6.31. The van der Waals surface area contributed by atoms with Gasteiger partial charge in [-0.3, -0.25) is 19.7 Å². The van der Waals surface area contributed by atoms with Crippen LogP contribution in [-0.2, 0) is 9.53 Å². The Bertz CT molecular complexity index is 550. The second kappa shape index (κ2) is 8.18. The zero-order chi connectivity index (χ0) is 15.8. The molecule has 0 heterocycles. The summed E-state index contributed by atoms with van der Waals surface area (Å²) in [4.78, 5) is 33.1. The molecule has 21 heavy (non-hydrogen) atoms. The second-order valence-electron chi connectivity index (χ2n) is 3.95. The van der Waals surface area contributed by atoms with Gasteiger partial charge < -0.3 is 15.4 Å². The van der Waals surface area contributed by atoms with Gasteiger partial charge in [0, 0.05) is 25.8 Å². The largest absolute Gasteiger partial charge is 0.383 e. The van der Waals surface area contributed by atoms with Gasteiger partial charge in [0.1, 0.15) is 0 Å². The fraction of sp³-hybridized carbons (Fsp3) is 0.333. The van der Waals surface area contributed by atoms with Gasteiger partial charge in [0.15, 0.2) is 0 Å². The summed E-state index contributed by atoms with van der Waals surface area (Å²) in [5.41, 5.74) is -0.152. The monoisotopic (exact) mass is 315 g/mol. The van der Waals surface area contributed by atoms with Gasteiger partial charge in [0.2, 0.25) is 5.91 Å². The predicted octanol–water partition coefficient (Wildman–Crippen LogP) is 0.741. The molecule has 0 radical (unpaired) electrons. The van der Waals surface area contributed by atoms with Crippen molar-refractivity contribution in [3.8, 4) is 0 Å². The standard InChI is InChI=1S/C12H14ClN3O5/c1-21-5-4-14-11(17)7-15-12(18)9-3-2-8(16(19)20)6-10(9)13/h2-3,6H,4-5,7H2,1H3,(H,14,17)(H,15,18). The molecule has 1 rings (SSSR count). The van der Waals surface area contributed by atoms with E-state index in [1.165, 1.54) is 19.2 Å². The van der Waals surface area contributed by atoms with Crippen molar-refractivity contribution in [2.24, 2.45) is 0 Å². The molecule has 2 N–H and O–H groups in total. The van der Waals surface area contributed by atoms with E-state index >= 15 is 0 Å². The molecule has 0 spiro atoms. The Labute approximate surface area is 125 Å². The number of nitrogens with zero attached hydrogens (tertiary/aromatic N) is 1. The third kappa shape index (κ3) is 5.36. The summed E-state index contributed by atoms with van der Waals surface area (Å²) in [5, 5.41) is 15.4. The van der Waals surface area contributed by atoms with Crippen molar-refractivity contribution in [3.63, 3.8) is 0 Å². The number of non-ortho nitro benzene ring substituents is 1. The van der Waals surface area contributed by atoms with Crippen molar-refractivity contribution in [2.45, 2.75) is 0 Å². The first kappa shape index (κ1) is 16.9. The second-order valence-corrected chi connectivity index (χ2v) is 4.35. The fourth-order valence-corrected chi connectivity index (χ4v) is 1.67. The van der Waals surface area contributed by atoms with Crippen molar-refractivity contribution in [1.29, 1.82) is 0 Å². The SMILES string of the molecule is COCCNC(=O)CNC(=O)c1ccc([N+](=O)[O-])cc1Cl. The van der Waals surface area contributed by atoms with Crippen LogP contribution in [0.4, 0.5) is 5.69 Å². The molecular weight excluding hydrogens is 302 g/mol. The van der Waals surface area contributed by atoms with Gasteiger partial charge >= 0.3 is 0 Å². The molecule has 0 bridgehead atoms. The lowest BCUT2D eigenvalue weighted by atomic mass is 10.2. The molecule has 0 aliphatic carbocycles. The quantitative estimate of drug-likeness (QED) is 0.438. The van der Waals surface area contributed by atoms with Crippen LogP contribution in [0.2, 0.25) is 5.02 Å². The topological polar surface area (TPSA) is 111 Å². The van der Waals surface area contributed by atoms with E-state index in [0.29, 0.717) is 13.2 Å². The van der Waals surface area contributed by atoms with E-state index in [-0.39, 0.29) is 28.7 Å². The van der Waals surface area contributed by atoms with Gasteiger partial charge in [0.05, 0.1) is 28.7 Å². The van der Waals surface area contributed by atoms with Crippen LogP contribution in [0, 0.1) is 10.1 Å². The fourth-order valence-electron chi connectivity index (χ4n) is 1.41. The van der Waals surface area contributed by atoms with Crippen LogP contribution in [0.3, 0.4) is 0 Å². The number of nitrogens with one attached hydrogen (secondary N) is 2. The number of methoxy groups -OCH3 is 1. The third-order valence-corrected chi connectivity index (χ3v) is 2.76. The highest BCUT2D eigenvalue weighted by molar-refractivity contribution is 6.34. The van der Waals surface area contributed by atoms with Gasteiger partial charge in [-0.25, -0.2) is 0 Å². The number of carbonyl (C=O) groups is 2. The highest BCUT2D eigenvalue weighted by Gasteiger charge is 2.15. The maximum atomic E-state index is 11.8. The van der Waals surface area contributed by atoms with E-state index in [9.17, 15) is 19.7 Å². The minimum Gasteiger partial charge on any atom is -0.383 e. The molecule has 1 aromatic carbocycles. The van der Waals surface area contributed by atoms with Gasteiger partial charge in [-0.05, 0) is 6.07 Å². The van der Waals surface area contributed by atoms with Crippen LogP contribution in [0.15, 0.2) is 18.2 Å². The molecule has 0 saturated heterocycles. The van der Waals surface area contributed by atoms with Crippen molar-refractivity contribution in [3.05, 3.63) is 38.9 Å². The highest BCUT2D eigenvalue weighted by atomic mass is 35.5. The molecule has 1 aromatic rings. The molecule has 0 aliphatic heterocycles. The molecule has 0 fully saturated rings. The molecular formula is C12H14ClN3O5. The minimum absolute atomic E-state index is 0.0542. The normalized spacial score (nSPS) is 10.0. The van der Waals surface area contributed by atoms with Gasteiger partial charge in [-0.2, -0.15) is 0 Å². The van der Waals surface area contributed by atoms with Crippen LogP contribution in [-0.4, -0.2) is 43.5 Å². The molecule has 0 aromatic heterocycles.